The highest BCUT2D eigenvalue weighted by atomic mass is 35.5. The molecule has 3 rings (SSSR count). The molecule has 0 radical (unpaired) electrons. The van der Waals surface area contributed by atoms with Crippen LogP contribution in [0.4, 0.5) is 0 Å². The zero-order valence-corrected chi connectivity index (χ0v) is 13.7. The summed E-state index contributed by atoms with van der Waals surface area (Å²) in [5, 5.41) is 10.6. The number of ether oxygens (including phenoxy) is 1. The summed E-state index contributed by atoms with van der Waals surface area (Å²) in [6, 6.07) is 9.80. The standard InChI is InChI=1S/C18H20ClN3O/c19-16-8-6-15(7-9-16)18(12-20,13-22-11-10-21-14-22)23-17-4-2-1-3-5-17/h6-11,14,17H,1-5,13H2. The minimum atomic E-state index is -1.02. The van der Waals surface area contributed by atoms with Crippen LogP contribution in [-0.4, -0.2) is 15.7 Å². The Morgan fingerprint density at radius 2 is 2.00 bits per heavy atom. The summed E-state index contributed by atoms with van der Waals surface area (Å²) in [5.41, 5.74) is -0.184. The number of benzene rings is 1. The van der Waals surface area contributed by atoms with Crippen LogP contribution in [0.15, 0.2) is 43.0 Å². The molecule has 0 aliphatic heterocycles. The monoisotopic (exact) mass is 329 g/mol. The van der Waals surface area contributed by atoms with Gasteiger partial charge in [-0.2, -0.15) is 5.26 Å². The van der Waals surface area contributed by atoms with Crippen molar-refractivity contribution in [2.45, 2.75) is 50.4 Å². The van der Waals surface area contributed by atoms with Crippen LogP contribution in [0.1, 0.15) is 37.7 Å². The summed E-state index contributed by atoms with van der Waals surface area (Å²) in [6.07, 6.45) is 11.0. The van der Waals surface area contributed by atoms with Crippen LogP contribution < -0.4 is 0 Å². The van der Waals surface area contributed by atoms with Crippen molar-refractivity contribution in [2.24, 2.45) is 0 Å². The molecule has 0 N–H and O–H groups in total. The molecule has 5 heteroatoms. The van der Waals surface area contributed by atoms with Gasteiger partial charge in [0.05, 0.1) is 19.0 Å². The molecular weight excluding hydrogens is 310 g/mol. The van der Waals surface area contributed by atoms with Gasteiger partial charge >= 0.3 is 0 Å². The van der Waals surface area contributed by atoms with E-state index in [1.54, 1.807) is 24.7 Å². The molecule has 1 atom stereocenters. The highest BCUT2D eigenvalue weighted by Crippen LogP contribution is 2.33. The molecule has 1 aromatic carbocycles. The molecule has 0 saturated heterocycles. The number of imidazole rings is 1. The zero-order chi connectivity index (χ0) is 16.1. The maximum absolute atomic E-state index is 9.99. The Bertz CT molecular complexity index is 657. The average Bonchev–Trinajstić information content (AvgIpc) is 3.08. The van der Waals surface area contributed by atoms with Crippen molar-refractivity contribution in [2.75, 3.05) is 0 Å². The fourth-order valence-corrected chi connectivity index (χ4v) is 3.27. The van der Waals surface area contributed by atoms with Crippen LogP contribution in [0.5, 0.6) is 0 Å². The number of rotatable bonds is 5. The van der Waals surface area contributed by atoms with E-state index >= 15 is 0 Å². The summed E-state index contributed by atoms with van der Waals surface area (Å²) in [6.45, 7) is 0.418. The molecule has 1 aliphatic carbocycles. The fraction of sp³-hybridized carbons (Fsp3) is 0.444. The topological polar surface area (TPSA) is 50.8 Å². The van der Waals surface area contributed by atoms with Gasteiger partial charge in [-0.1, -0.05) is 43.0 Å². The molecule has 0 spiro atoms. The number of aromatic nitrogens is 2. The van der Waals surface area contributed by atoms with E-state index < -0.39 is 5.60 Å². The summed E-state index contributed by atoms with van der Waals surface area (Å²) in [7, 11) is 0. The lowest BCUT2D eigenvalue weighted by molar-refractivity contribution is -0.0853. The van der Waals surface area contributed by atoms with Crippen molar-refractivity contribution in [1.29, 1.82) is 5.26 Å². The highest BCUT2D eigenvalue weighted by Gasteiger charge is 2.37. The van der Waals surface area contributed by atoms with E-state index in [4.69, 9.17) is 16.3 Å². The maximum atomic E-state index is 9.99. The second-order valence-electron chi connectivity index (χ2n) is 6.06. The molecule has 0 amide bonds. The SMILES string of the molecule is N#CC(Cn1ccnc1)(OC1CCCCC1)c1ccc(Cl)cc1. The normalized spacial score (nSPS) is 18.3. The Balaban J connectivity index is 1.92. The zero-order valence-electron chi connectivity index (χ0n) is 13.0. The van der Waals surface area contributed by atoms with Crippen molar-refractivity contribution in [1.82, 2.24) is 9.55 Å². The van der Waals surface area contributed by atoms with Crippen molar-refractivity contribution in [3.8, 4) is 6.07 Å². The Labute approximate surface area is 141 Å². The molecule has 1 heterocycles. The summed E-state index contributed by atoms with van der Waals surface area (Å²) >= 11 is 6.00. The first-order valence-corrected chi connectivity index (χ1v) is 8.40. The third-order valence-electron chi connectivity index (χ3n) is 4.38. The molecular formula is C18H20ClN3O. The Morgan fingerprint density at radius 3 is 2.61 bits per heavy atom. The van der Waals surface area contributed by atoms with E-state index in [1.165, 1.54) is 6.42 Å². The van der Waals surface area contributed by atoms with Gasteiger partial charge in [0.2, 0.25) is 0 Å². The van der Waals surface area contributed by atoms with Crippen LogP contribution in [0.2, 0.25) is 5.02 Å². The van der Waals surface area contributed by atoms with E-state index in [2.05, 4.69) is 11.1 Å². The number of halogens is 1. The van der Waals surface area contributed by atoms with Crippen molar-refractivity contribution < 1.29 is 4.74 Å². The molecule has 2 aromatic rings. The van der Waals surface area contributed by atoms with Gasteiger partial charge in [0.25, 0.3) is 0 Å². The Hall–Kier alpha value is -1.83. The number of hydrogen-bond acceptors (Lipinski definition) is 3. The number of hydrogen-bond donors (Lipinski definition) is 0. The summed E-state index contributed by atoms with van der Waals surface area (Å²) in [4.78, 5) is 4.07. The molecule has 23 heavy (non-hydrogen) atoms. The van der Waals surface area contributed by atoms with Gasteiger partial charge in [-0.25, -0.2) is 4.98 Å². The Morgan fingerprint density at radius 1 is 1.26 bits per heavy atom. The maximum Gasteiger partial charge on any atom is 0.197 e. The third-order valence-corrected chi connectivity index (χ3v) is 4.63. The largest absolute Gasteiger partial charge is 0.351 e. The molecule has 1 fully saturated rings. The lowest BCUT2D eigenvalue weighted by Gasteiger charge is -2.34. The van der Waals surface area contributed by atoms with E-state index in [0.717, 1.165) is 31.2 Å². The summed E-state index contributed by atoms with van der Waals surface area (Å²) in [5.74, 6) is 0. The van der Waals surface area contributed by atoms with Gasteiger partial charge in [-0.3, -0.25) is 0 Å². The van der Waals surface area contributed by atoms with Crippen LogP contribution >= 0.6 is 11.6 Å². The Kier molecular flexibility index (Phi) is 5.00. The quantitative estimate of drug-likeness (QED) is 0.821. The van der Waals surface area contributed by atoms with Crippen LogP contribution in [0.3, 0.4) is 0 Å². The second kappa shape index (κ2) is 7.16. The molecule has 1 unspecified atom stereocenters. The molecule has 4 nitrogen and oxygen atoms in total. The van der Waals surface area contributed by atoms with Gasteiger partial charge in [-0.15, -0.1) is 0 Å². The van der Waals surface area contributed by atoms with Crippen LogP contribution in [-0.2, 0) is 16.9 Å². The van der Waals surface area contributed by atoms with Crippen molar-refractivity contribution in [3.63, 3.8) is 0 Å². The number of nitrogens with zero attached hydrogens (tertiary/aromatic N) is 3. The van der Waals surface area contributed by atoms with E-state index in [-0.39, 0.29) is 6.10 Å². The van der Waals surface area contributed by atoms with Crippen molar-refractivity contribution >= 4 is 11.6 Å². The summed E-state index contributed by atoms with van der Waals surface area (Å²) < 4.78 is 8.26. The lowest BCUT2D eigenvalue weighted by Crippen LogP contribution is -2.37. The lowest BCUT2D eigenvalue weighted by atomic mass is 9.92. The first kappa shape index (κ1) is 16.0. The molecule has 1 aliphatic rings. The minimum Gasteiger partial charge on any atom is -0.351 e. The van der Waals surface area contributed by atoms with Gasteiger partial charge in [0.15, 0.2) is 5.60 Å². The first-order chi connectivity index (χ1) is 11.2. The predicted molar refractivity (Wildman–Crippen MR) is 88.9 cm³/mol. The fourth-order valence-electron chi connectivity index (χ4n) is 3.15. The molecule has 0 bridgehead atoms. The molecule has 120 valence electrons. The van der Waals surface area contributed by atoms with E-state index in [1.807, 2.05) is 22.9 Å². The van der Waals surface area contributed by atoms with Gasteiger partial charge in [0.1, 0.15) is 6.07 Å². The third kappa shape index (κ3) is 3.74. The van der Waals surface area contributed by atoms with Crippen molar-refractivity contribution in [3.05, 3.63) is 53.6 Å². The van der Waals surface area contributed by atoms with E-state index in [9.17, 15) is 5.26 Å². The first-order valence-electron chi connectivity index (χ1n) is 8.03. The predicted octanol–water partition coefficient (Wildman–Crippen LogP) is 4.30. The number of nitriles is 1. The average molecular weight is 330 g/mol. The van der Waals surface area contributed by atoms with E-state index in [0.29, 0.717) is 11.6 Å². The van der Waals surface area contributed by atoms with Gasteiger partial charge in [0, 0.05) is 23.0 Å². The van der Waals surface area contributed by atoms with Crippen LogP contribution in [0, 0.1) is 11.3 Å². The second-order valence-corrected chi connectivity index (χ2v) is 6.50. The van der Waals surface area contributed by atoms with Gasteiger partial charge < -0.3 is 9.30 Å². The molecule has 1 aromatic heterocycles. The molecule has 1 saturated carbocycles. The smallest absolute Gasteiger partial charge is 0.197 e. The van der Waals surface area contributed by atoms with Crippen LogP contribution in [0.25, 0.3) is 0 Å². The van der Waals surface area contributed by atoms with Gasteiger partial charge in [-0.05, 0) is 25.0 Å². The highest BCUT2D eigenvalue weighted by molar-refractivity contribution is 6.30. The minimum absolute atomic E-state index is 0.127.